The zero-order valence-electron chi connectivity index (χ0n) is 35.4. The van der Waals surface area contributed by atoms with Gasteiger partial charge in [-0.25, -0.2) is 22.9 Å². The van der Waals surface area contributed by atoms with Crippen molar-refractivity contribution in [3.05, 3.63) is 113 Å². The predicted octanol–water partition coefficient (Wildman–Crippen LogP) is 5.50. The van der Waals surface area contributed by atoms with Gasteiger partial charge < -0.3 is 35.4 Å². The van der Waals surface area contributed by atoms with Crippen molar-refractivity contribution in [1.29, 1.82) is 0 Å². The molecule has 0 saturated carbocycles. The fourth-order valence-electron chi connectivity index (χ4n) is 8.30. The van der Waals surface area contributed by atoms with Crippen LogP contribution < -0.4 is 20.9 Å². The van der Waals surface area contributed by atoms with Crippen LogP contribution in [0.15, 0.2) is 73.1 Å². The van der Waals surface area contributed by atoms with Gasteiger partial charge in [0.2, 0.25) is 5.91 Å². The average Bonchev–Trinajstić information content (AvgIpc) is 3.47. The highest BCUT2D eigenvalue weighted by Crippen LogP contribution is 2.41. The second-order valence-electron chi connectivity index (χ2n) is 16.9. The van der Waals surface area contributed by atoms with E-state index in [1.165, 1.54) is 18.9 Å². The van der Waals surface area contributed by atoms with E-state index in [-0.39, 0.29) is 24.2 Å². The maximum Gasteiger partial charge on any atom is 0.407 e. The van der Waals surface area contributed by atoms with Crippen LogP contribution in [0.4, 0.5) is 37.0 Å². The van der Waals surface area contributed by atoms with Crippen LogP contribution in [0.2, 0.25) is 0 Å². The number of nitrogens with one attached hydrogen (secondary N) is 3. The molecule has 5 heterocycles. The Morgan fingerprint density at radius 2 is 1.55 bits per heavy atom. The van der Waals surface area contributed by atoms with Gasteiger partial charge in [-0.2, -0.15) is 13.2 Å². The zero-order valence-corrected chi connectivity index (χ0v) is 35.4. The summed E-state index contributed by atoms with van der Waals surface area (Å²) in [7, 11) is 0.932. The van der Waals surface area contributed by atoms with Gasteiger partial charge in [-0.3, -0.25) is 14.7 Å². The van der Waals surface area contributed by atoms with Crippen LogP contribution in [0.5, 0.6) is 0 Å². The van der Waals surface area contributed by atoms with Crippen molar-refractivity contribution in [3.63, 3.8) is 0 Å². The number of benzene rings is 2. The Labute approximate surface area is 366 Å². The first-order valence-corrected chi connectivity index (χ1v) is 20.9. The minimum absolute atomic E-state index is 0.0631. The van der Waals surface area contributed by atoms with Crippen molar-refractivity contribution in [2.75, 3.05) is 44.9 Å². The number of carbonyl (C=O) groups is 2. The van der Waals surface area contributed by atoms with E-state index in [0.29, 0.717) is 34.8 Å². The number of alkyl carbamates (subject to hydrolysis) is 1. The van der Waals surface area contributed by atoms with Crippen LogP contribution in [0.1, 0.15) is 48.9 Å². The first kappa shape index (κ1) is 46.3. The summed E-state index contributed by atoms with van der Waals surface area (Å²) in [5, 5.41) is 18.6. The average molecular weight is 894 g/mol. The molecule has 18 heteroatoms. The van der Waals surface area contributed by atoms with Crippen molar-refractivity contribution in [2.24, 2.45) is 5.41 Å². The van der Waals surface area contributed by atoms with E-state index in [4.69, 9.17) is 9.72 Å². The van der Waals surface area contributed by atoms with Gasteiger partial charge in [-0.05, 0) is 87.2 Å². The molecule has 2 aromatic heterocycles. The minimum atomic E-state index is -4.96. The number of aromatic nitrogens is 2. The number of aliphatic hydroxyl groups is 1. The quantitative estimate of drug-likeness (QED) is 0.0948. The third kappa shape index (κ3) is 10.6. The fraction of sp³-hybridized carbons (Fsp3) is 0.435. The number of alkyl halides is 3. The Morgan fingerprint density at radius 3 is 2.11 bits per heavy atom. The molecule has 12 nitrogen and oxygen atoms in total. The molecule has 2 aromatic carbocycles. The van der Waals surface area contributed by atoms with Gasteiger partial charge in [0.1, 0.15) is 29.3 Å². The Kier molecular flexibility index (Phi) is 14.1. The van der Waals surface area contributed by atoms with Crippen LogP contribution in [0.25, 0.3) is 11.3 Å². The number of pyridine rings is 2. The van der Waals surface area contributed by atoms with Crippen LogP contribution in [0, 0.1) is 34.7 Å². The zero-order chi connectivity index (χ0) is 45.8. The first-order chi connectivity index (χ1) is 30.5. The van der Waals surface area contributed by atoms with Crippen LogP contribution >= 0.6 is 0 Å². The molecule has 3 aliphatic heterocycles. The highest BCUT2D eigenvalue weighted by Gasteiger charge is 2.56. The molecule has 7 rings (SSSR count). The second-order valence-corrected chi connectivity index (χ2v) is 16.9. The van der Waals surface area contributed by atoms with Crippen molar-refractivity contribution in [3.8, 4) is 23.1 Å². The third-order valence-electron chi connectivity index (χ3n) is 12.2. The number of hydrogen-bond acceptors (Lipinski definition) is 10. The normalized spacial score (nSPS) is 19.2. The van der Waals surface area contributed by atoms with Gasteiger partial charge in [0.15, 0.2) is 0 Å². The molecule has 0 spiro atoms. The highest BCUT2D eigenvalue weighted by molar-refractivity contribution is 5.87. The number of halogens is 6. The SMILES string of the molecule is COC(=O)N[C@H](C(=O)N[C@@H](Cc1ccc(C#Cc2ccc(N3CC4CCC(C3)N4C3COC3)nc2)cc1)[C@@H](O)CNCc1c(F)cc(-c2ccc(F)cn2)cc1F)C(C)(C)C(F)(F)F. The molecule has 2 bridgehead atoms. The molecule has 3 aliphatic rings. The van der Waals surface area contributed by atoms with Gasteiger partial charge in [-0.15, -0.1) is 0 Å². The minimum Gasteiger partial charge on any atom is -0.453 e. The van der Waals surface area contributed by atoms with E-state index >= 15 is 8.78 Å². The number of nitrogens with zero attached hydrogens (tertiary/aromatic N) is 4. The van der Waals surface area contributed by atoms with Gasteiger partial charge in [0.25, 0.3) is 0 Å². The molecule has 3 fully saturated rings. The number of ether oxygens (including phenoxy) is 2. The molecule has 340 valence electrons. The lowest BCUT2D eigenvalue weighted by Gasteiger charge is -2.47. The molecule has 64 heavy (non-hydrogen) atoms. The number of fused-ring (bicyclic) bond motifs is 2. The van der Waals surface area contributed by atoms with Gasteiger partial charge in [0.05, 0.1) is 55.8 Å². The second kappa shape index (κ2) is 19.6. The highest BCUT2D eigenvalue weighted by atomic mass is 19.4. The summed E-state index contributed by atoms with van der Waals surface area (Å²) in [5.74, 6) is 3.32. The largest absolute Gasteiger partial charge is 0.453 e. The fourth-order valence-corrected chi connectivity index (χ4v) is 8.30. The molecule has 2 amide bonds. The standard InChI is InChI=1S/C46H49F6N7O5/c1-45(2,46(50,51)52)42(57-44(62)63-3)43(61)56-39(40(60)22-53-21-35-36(48)17-30(18-37(35)49)38-14-11-31(47)20-54-38)16-28-7-4-27(5-8-28)6-9-29-10-15-41(55-19-29)58-23-32-12-13-33(24-58)59(32)34-25-64-26-34/h4-5,7-8,10-11,14-15,17-20,32-34,39-40,42,53,60H,12-13,16,21-26H2,1-3H3,(H,56,61)(H,57,62)/t32?,33?,39-,40-,42+/m0/s1. The molecule has 4 N–H and O–H groups in total. The predicted molar refractivity (Wildman–Crippen MR) is 224 cm³/mol. The number of rotatable bonds is 14. The molecule has 0 aliphatic carbocycles. The van der Waals surface area contributed by atoms with Crippen molar-refractivity contribution in [2.45, 2.75) is 82.1 Å². The lowest BCUT2D eigenvalue weighted by molar-refractivity contribution is -0.220. The van der Waals surface area contributed by atoms with Crippen LogP contribution in [-0.2, 0) is 27.2 Å². The smallest absolute Gasteiger partial charge is 0.407 e. The van der Waals surface area contributed by atoms with Crippen molar-refractivity contribution in [1.82, 2.24) is 30.8 Å². The van der Waals surface area contributed by atoms with Crippen molar-refractivity contribution < 1.29 is 50.5 Å². The summed E-state index contributed by atoms with van der Waals surface area (Å²) < 4.78 is 96.2. The van der Waals surface area contributed by atoms with E-state index in [0.717, 1.165) is 77.5 Å². The molecule has 4 aromatic rings. The van der Waals surface area contributed by atoms with E-state index in [9.17, 15) is 32.3 Å². The number of hydrogen-bond donors (Lipinski definition) is 4. The molecular formula is C46H49F6N7O5. The third-order valence-corrected chi connectivity index (χ3v) is 12.2. The summed E-state index contributed by atoms with van der Waals surface area (Å²) in [6, 6.07) is 13.1. The number of anilines is 1. The van der Waals surface area contributed by atoms with Crippen molar-refractivity contribution >= 4 is 17.8 Å². The lowest BCUT2D eigenvalue weighted by Crippen LogP contribution is -2.62. The monoisotopic (exact) mass is 893 g/mol. The number of piperazine rings is 1. The maximum atomic E-state index is 15.1. The molecule has 5 atom stereocenters. The van der Waals surface area contributed by atoms with E-state index < -0.39 is 71.3 Å². The van der Waals surface area contributed by atoms with E-state index in [2.05, 4.69) is 42.0 Å². The number of carbonyl (C=O) groups excluding carboxylic acids is 2. The maximum absolute atomic E-state index is 15.1. The number of amides is 2. The topological polar surface area (TPSA) is 141 Å². The summed E-state index contributed by atoms with van der Waals surface area (Å²) in [6.45, 7) is 4.11. The molecule has 3 saturated heterocycles. The molecule has 2 unspecified atom stereocenters. The summed E-state index contributed by atoms with van der Waals surface area (Å²) in [5.41, 5.74) is -1.10. The van der Waals surface area contributed by atoms with E-state index in [1.807, 2.05) is 17.4 Å². The molecular weight excluding hydrogens is 845 g/mol. The lowest BCUT2D eigenvalue weighted by atomic mass is 9.82. The Hall–Kier alpha value is -5.74. The number of aliphatic hydroxyl groups excluding tert-OH is 1. The van der Waals surface area contributed by atoms with E-state index in [1.54, 1.807) is 30.5 Å². The Bertz CT molecular complexity index is 2300. The Morgan fingerprint density at radius 1 is 0.891 bits per heavy atom. The van der Waals surface area contributed by atoms with Gasteiger partial charge >= 0.3 is 12.3 Å². The van der Waals surface area contributed by atoms with Gasteiger partial charge in [0, 0.05) is 66.7 Å². The first-order valence-electron chi connectivity index (χ1n) is 20.9. The number of methoxy groups -OCH3 is 1. The van der Waals surface area contributed by atoms with Crippen LogP contribution in [-0.4, -0.2) is 114 Å². The van der Waals surface area contributed by atoms with Gasteiger partial charge in [-0.1, -0.05) is 24.0 Å². The summed E-state index contributed by atoms with van der Waals surface area (Å²) >= 11 is 0. The van der Waals surface area contributed by atoms with Crippen LogP contribution in [0.3, 0.4) is 0 Å². The summed E-state index contributed by atoms with van der Waals surface area (Å²) in [6.07, 6.45) is -2.91. The Balaban J connectivity index is 1.03. The molecule has 0 radical (unpaired) electrons. The summed E-state index contributed by atoms with van der Waals surface area (Å²) in [4.78, 5) is 39.3.